The molecule has 5 rings (SSSR count). The van der Waals surface area contributed by atoms with Crippen molar-refractivity contribution in [3.63, 3.8) is 0 Å². The number of benzene rings is 3. The zero-order valence-electron chi connectivity index (χ0n) is 24.2. The molecule has 9 nitrogen and oxygen atoms in total. The van der Waals surface area contributed by atoms with Crippen LogP contribution in [0.4, 0.5) is 10.5 Å². The van der Waals surface area contributed by atoms with Crippen LogP contribution in [-0.2, 0) is 45.1 Å². The van der Waals surface area contributed by atoms with Crippen LogP contribution in [0.1, 0.15) is 43.0 Å². The number of nitrogens with zero attached hydrogens (tertiary/aromatic N) is 1. The first-order chi connectivity index (χ1) is 20.4. The third-order valence-corrected chi connectivity index (χ3v) is 7.83. The minimum atomic E-state index is -0.852. The number of fused-ring (bicyclic) bond motifs is 2. The molecule has 2 aliphatic heterocycles. The number of ether oxygens (including phenoxy) is 4. The molecule has 0 aliphatic carbocycles. The van der Waals surface area contributed by atoms with Crippen LogP contribution in [0.15, 0.2) is 54.6 Å². The lowest BCUT2D eigenvalue weighted by molar-refractivity contribution is -0.147. The molecular weight excluding hydrogens is 595 g/mol. The fourth-order valence-corrected chi connectivity index (χ4v) is 5.28. The van der Waals surface area contributed by atoms with Crippen molar-refractivity contribution >= 4 is 46.9 Å². The first-order valence-electron chi connectivity index (χ1n) is 13.8. The van der Waals surface area contributed by atoms with Crippen LogP contribution in [0.25, 0.3) is 0 Å². The van der Waals surface area contributed by atoms with Crippen molar-refractivity contribution in [3.05, 3.63) is 86.9 Å². The smallest absolute Gasteiger partial charge is 0.411 e. The van der Waals surface area contributed by atoms with Gasteiger partial charge in [-0.3, -0.25) is 9.69 Å². The summed E-state index contributed by atoms with van der Waals surface area (Å²) < 4.78 is 22.5. The Morgan fingerprint density at radius 3 is 2.40 bits per heavy atom. The molecule has 2 atom stereocenters. The third kappa shape index (κ3) is 7.17. The van der Waals surface area contributed by atoms with Gasteiger partial charge in [-0.1, -0.05) is 41.4 Å². The molecule has 11 heteroatoms. The molecule has 2 unspecified atom stereocenters. The summed E-state index contributed by atoms with van der Waals surface area (Å²) >= 11 is 12.1. The second kappa shape index (κ2) is 12.3. The van der Waals surface area contributed by atoms with Crippen molar-refractivity contribution in [3.8, 4) is 11.5 Å². The number of amides is 2. The van der Waals surface area contributed by atoms with Crippen LogP contribution < -0.4 is 14.8 Å². The Morgan fingerprint density at radius 1 is 1.00 bits per heavy atom. The molecule has 0 spiro atoms. The van der Waals surface area contributed by atoms with E-state index in [2.05, 4.69) is 5.32 Å². The fraction of sp³-hybridized carbons (Fsp3) is 0.344. The molecule has 3 aromatic rings. The van der Waals surface area contributed by atoms with Crippen LogP contribution in [0.5, 0.6) is 11.5 Å². The van der Waals surface area contributed by atoms with Gasteiger partial charge in [0.15, 0.2) is 6.10 Å². The van der Waals surface area contributed by atoms with E-state index in [-0.39, 0.29) is 18.9 Å². The molecule has 0 fully saturated rings. The van der Waals surface area contributed by atoms with Crippen LogP contribution in [-0.4, -0.2) is 47.7 Å². The summed E-state index contributed by atoms with van der Waals surface area (Å²) in [5.41, 5.74) is 3.17. The molecule has 0 saturated carbocycles. The molecule has 1 N–H and O–H groups in total. The zero-order valence-corrected chi connectivity index (χ0v) is 25.8. The number of nitrogens with one attached hydrogen (secondary N) is 1. The van der Waals surface area contributed by atoms with Gasteiger partial charge in [0, 0.05) is 12.8 Å². The molecule has 2 heterocycles. The number of carbonyl (C=O) groups is 3. The Hall–Kier alpha value is -3.95. The van der Waals surface area contributed by atoms with Gasteiger partial charge < -0.3 is 24.3 Å². The van der Waals surface area contributed by atoms with E-state index in [4.69, 9.17) is 42.1 Å². The quantitative estimate of drug-likeness (QED) is 0.318. The van der Waals surface area contributed by atoms with Gasteiger partial charge in [0.2, 0.25) is 0 Å². The topological polar surface area (TPSA) is 103 Å². The first-order valence-corrected chi connectivity index (χ1v) is 14.5. The number of hydrogen-bond acceptors (Lipinski definition) is 7. The predicted octanol–water partition coefficient (Wildman–Crippen LogP) is 6.35. The number of anilines is 1. The Kier molecular flexibility index (Phi) is 8.76. The lowest BCUT2D eigenvalue weighted by atomic mass is 9.92. The van der Waals surface area contributed by atoms with Crippen LogP contribution in [0.3, 0.4) is 0 Å². The summed E-state index contributed by atoms with van der Waals surface area (Å²) in [4.78, 5) is 39.9. The minimum Gasteiger partial charge on any atom is -0.489 e. The van der Waals surface area contributed by atoms with Gasteiger partial charge in [-0.05, 0) is 79.4 Å². The molecule has 226 valence electrons. The van der Waals surface area contributed by atoms with Crippen molar-refractivity contribution in [2.75, 3.05) is 12.4 Å². The first kappa shape index (κ1) is 30.5. The van der Waals surface area contributed by atoms with Crippen molar-refractivity contribution in [1.82, 2.24) is 4.90 Å². The number of hydrogen-bond donors (Lipinski definition) is 1. The highest BCUT2D eigenvalue weighted by Crippen LogP contribution is 2.37. The lowest BCUT2D eigenvalue weighted by Crippen LogP contribution is -2.50. The molecule has 0 radical (unpaired) electrons. The van der Waals surface area contributed by atoms with Crippen molar-refractivity contribution in [2.24, 2.45) is 0 Å². The highest BCUT2D eigenvalue weighted by molar-refractivity contribution is 6.42. The maximum absolute atomic E-state index is 13.0. The van der Waals surface area contributed by atoms with Crippen molar-refractivity contribution < 1.29 is 33.3 Å². The van der Waals surface area contributed by atoms with E-state index in [1.54, 1.807) is 39.0 Å². The number of methoxy groups -OCH3 is 1. The van der Waals surface area contributed by atoms with Crippen molar-refractivity contribution in [1.29, 1.82) is 0 Å². The van der Waals surface area contributed by atoms with E-state index >= 15 is 0 Å². The van der Waals surface area contributed by atoms with Gasteiger partial charge in [0.05, 0.1) is 29.4 Å². The average molecular weight is 628 g/mol. The van der Waals surface area contributed by atoms with Gasteiger partial charge in [0.1, 0.15) is 29.7 Å². The SMILES string of the molecule is COC(=O)C1Cc2cc3c(cc2CN1C(=O)OC(C)(C)C)OC(Cc1ccc(OCc2ccc(Cl)c(Cl)c2)cc1)C(=O)N3. The van der Waals surface area contributed by atoms with Crippen LogP contribution in [0, 0.1) is 0 Å². The van der Waals surface area contributed by atoms with E-state index in [1.807, 2.05) is 36.4 Å². The molecule has 43 heavy (non-hydrogen) atoms. The number of halogens is 2. The monoisotopic (exact) mass is 626 g/mol. The largest absolute Gasteiger partial charge is 0.489 e. The maximum atomic E-state index is 13.0. The molecule has 2 amide bonds. The Bertz CT molecular complexity index is 1550. The number of carbonyl (C=O) groups excluding carboxylic acids is 3. The number of rotatable bonds is 6. The molecule has 0 bridgehead atoms. The average Bonchev–Trinajstić information content (AvgIpc) is 2.96. The Balaban J connectivity index is 1.27. The summed E-state index contributed by atoms with van der Waals surface area (Å²) in [5, 5.41) is 3.89. The summed E-state index contributed by atoms with van der Waals surface area (Å²) in [6.45, 7) is 5.75. The standard InChI is InChI=1S/C32H32Cl2N2O7/c1-32(2,3)43-31(39)36-16-21-15-27-25(13-20(21)14-26(36)30(38)40-4)35-29(37)28(42-27)12-18-5-8-22(9-6-18)41-17-19-7-10-23(33)24(34)11-19/h5-11,13,15,26,28H,12,14,16-17H2,1-4H3,(H,35,37). The Morgan fingerprint density at radius 2 is 1.72 bits per heavy atom. The molecule has 0 saturated heterocycles. The lowest BCUT2D eigenvalue weighted by Gasteiger charge is -2.37. The highest BCUT2D eigenvalue weighted by atomic mass is 35.5. The molecule has 3 aromatic carbocycles. The zero-order chi connectivity index (χ0) is 30.9. The third-order valence-electron chi connectivity index (χ3n) is 7.09. The summed E-state index contributed by atoms with van der Waals surface area (Å²) in [6.07, 6.45) is -0.818. The Labute approximate surface area is 259 Å². The van der Waals surface area contributed by atoms with Crippen LogP contribution >= 0.6 is 23.2 Å². The second-order valence-electron chi connectivity index (χ2n) is 11.4. The summed E-state index contributed by atoms with van der Waals surface area (Å²) in [6, 6.07) is 15.5. The second-order valence-corrected chi connectivity index (χ2v) is 12.3. The minimum absolute atomic E-state index is 0.128. The van der Waals surface area contributed by atoms with Crippen molar-refractivity contribution in [2.45, 2.75) is 64.5 Å². The van der Waals surface area contributed by atoms with E-state index in [0.717, 1.165) is 22.3 Å². The van der Waals surface area contributed by atoms with Gasteiger partial charge in [0.25, 0.3) is 5.91 Å². The highest BCUT2D eigenvalue weighted by Gasteiger charge is 2.39. The molecule has 2 aliphatic rings. The summed E-state index contributed by atoms with van der Waals surface area (Å²) in [5.74, 6) is 0.342. The fourth-order valence-electron chi connectivity index (χ4n) is 4.96. The van der Waals surface area contributed by atoms with Gasteiger partial charge in [-0.15, -0.1) is 0 Å². The van der Waals surface area contributed by atoms with Gasteiger partial charge >= 0.3 is 12.1 Å². The van der Waals surface area contributed by atoms with Gasteiger partial charge in [-0.2, -0.15) is 0 Å². The van der Waals surface area contributed by atoms with E-state index in [0.29, 0.717) is 40.3 Å². The van der Waals surface area contributed by atoms with E-state index in [1.165, 1.54) is 12.0 Å². The van der Waals surface area contributed by atoms with Crippen LogP contribution in [0.2, 0.25) is 10.0 Å². The van der Waals surface area contributed by atoms with E-state index < -0.39 is 29.8 Å². The summed E-state index contributed by atoms with van der Waals surface area (Å²) in [7, 11) is 1.28. The van der Waals surface area contributed by atoms with Gasteiger partial charge in [-0.25, -0.2) is 9.59 Å². The molecule has 0 aromatic heterocycles. The predicted molar refractivity (Wildman–Crippen MR) is 162 cm³/mol. The molecular formula is C32H32Cl2N2O7. The van der Waals surface area contributed by atoms with E-state index in [9.17, 15) is 14.4 Å². The maximum Gasteiger partial charge on any atom is 0.411 e. The number of esters is 1. The normalized spacial score (nSPS) is 17.6.